The Morgan fingerprint density at radius 3 is 2.68 bits per heavy atom. The Hall–Kier alpha value is -2.62. The fourth-order valence-electron chi connectivity index (χ4n) is 3.61. The zero-order chi connectivity index (χ0) is 19.5. The number of hydrogen-bond donors (Lipinski definition) is 1. The summed E-state index contributed by atoms with van der Waals surface area (Å²) in [5.74, 6) is 0.554. The van der Waals surface area contributed by atoms with Gasteiger partial charge in [0, 0.05) is 11.3 Å². The number of aromatic amines is 1. The maximum absolute atomic E-state index is 12.8. The van der Waals surface area contributed by atoms with Crippen molar-refractivity contribution < 1.29 is 13.2 Å². The maximum Gasteiger partial charge on any atom is 0.416 e. The summed E-state index contributed by atoms with van der Waals surface area (Å²) in [6, 6.07) is 5.08. The first-order valence-electron chi connectivity index (χ1n) is 8.87. The lowest BCUT2D eigenvalue weighted by Crippen LogP contribution is -2.22. The summed E-state index contributed by atoms with van der Waals surface area (Å²) in [5, 5.41) is 21.2. The number of thioether (sulfide) groups is 1. The van der Waals surface area contributed by atoms with Crippen LogP contribution in [0.2, 0.25) is 0 Å². The van der Waals surface area contributed by atoms with Gasteiger partial charge in [-0.15, -0.1) is 10.2 Å². The van der Waals surface area contributed by atoms with Gasteiger partial charge in [0.05, 0.1) is 16.5 Å². The molecule has 3 aromatic rings. The van der Waals surface area contributed by atoms with Crippen LogP contribution < -0.4 is 0 Å². The molecule has 0 bridgehead atoms. The third-order valence-corrected chi connectivity index (χ3v) is 6.06. The van der Waals surface area contributed by atoms with E-state index in [-0.39, 0.29) is 5.25 Å². The third-order valence-electron chi connectivity index (χ3n) is 5.01. The number of benzene rings is 1. The summed E-state index contributed by atoms with van der Waals surface area (Å²) in [5.41, 5.74) is 3.66. The van der Waals surface area contributed by atoms with E-state index >= 15 is 0 Å². The molecule has 1 N–H and O–H groups in total. The predicted molar refractivity (Wildman–Crippen MR) is 98.3 cm³/mol. The van der Waals surface area contributed by atoms with Crippen LogP contribution in [-0.2, 0) is 19.0 Å². The second kappa shape index (κ2) is 6.20. The normalized spacial score (nSPS) is 18.7. The summed E-state index contributed by atoms with van der Waals surface area (Å²) in [7, 11) is 0. The maximum atomic E-state index is 12.8. The molecule has 144 valence electrons. The largest absolute Gasteiger partial charge is 0.416 e. The quantitative estimate of drug-likeness (QED) is 0.703. The first kappa shape index (κ1) is 17.5. The molecule has 0 fully saturated rings. The zero-order valence-corrected chi connectivity index (χ0v) is 15.6. The van der Waals surface area contributed by atoms with Gasteiger partial charge in [-0.1, -0.05) is 23.9 Å². The van der Waals surface area contributed by atoms with Crippen molar-refractivity contribution in [3.8, 4) is 11.5 Å². The molecule has 2 aliphatic rings. The van der Waals surface area contributed by atoms with E-state index in [0.717, 1.165) is 48.3 Å². The fourth-order valence-corrected chi connectivity index (χ4v) is 4.53. The number of hydrogen-bond acceptors (Lipinski definition) is 5. The van der Waals surface area contributed by atoms with Gasteiger partial charge in [0.2, 0.25) is 11.0 Å². The SMILES string of the molecule is CC1Sc2nnc(-c3n[nH]c4c3CCC4)n2N=C1c1ccc(C(F)(F)F)cc1. The van der Waals surface area contributed by atoms with Crippen LogP contribution in [0.25, 0.3) is 11.5 Å². The Kier molecular flexibility index (Phi) is 3.87. The van der Waals surface area contributed by atoms with E-state index in [1.165, 1.54) is 23.9 Å². The van der Waals surface area contributed by atoms with Crippen molar-refractivity contribution in [3.05, 3.63) is 46.6 Å². The number of aromatic nitrogens is 5. The van der Waals surface area contributed by atoms with Crippen molar-refractivity contribution in [3.63, 3.8) is 0 Å². The van der Waals surface area contributed by atoms with Crippen molar-refractivity contribution in [1.29, 1.82) is 0 Å². The highest BCUT2D eigenvalue weighted by Crippen LogP contribution is 2.36. The van der Waals surface area contributed by atoms with Crippen LogP contribution >= 0.6 is 11.8 Å². The lowest BCUT2D eigenvalue weighted by Gasteiger charge is -2.20. The Balaban J connectivity index is 1.57. The highest BCUT2D eigenvalue weighted by molar-refractivity contribution is 8.00. The summed E-state index contributed by atoms with van der Waals surface area (Å²) < 4.78 is 40.2. The molecule has 28 heavy (non-hydrogen) atoms. The van der Waals surface area contributed by atoms with Gasteiger partial charge in [0.1, 0.15) is 5.69 Å². The van der Waals surface area contributed by atoms with E-state index in [9.17, 15) is 13.2 Å². The minimum Gasteiger partial charge on any atom is -0.282 e. The number of rotatable bonds is 2. The van der Waals surface area contributed by atoms with E-state index in [0.29, 0.717) is 22.3 Å². The monoisotopic (exact) mass is 404 g/mol. The minimum atomic E-state index is -4.36. The molecule has 10 heteroatoms. The highest BCUT2D eigenvalue weighted by atomic mass is 32.2. The van der Waals surface area contributed by atoms with E-state index in [2.05, 4.69) is 25.5 Å². The molecule has 6 nitrogen and oxygen atoms in total. The number of aryl methyl sites for hydroxylation is 1. The number of alkyl halides is 3. The Morgan fingerprint density at radius 1 is 1.14 bits per heavy atom. The standard InChI is InChI=1S/C18H15F3N6S/c1-9-14(10-5-7-11(8-6-10)18(19,20)21)26-27-16(24-25-17(27)28-9)15-12-3-2-4-13(12)22-23-15/h5-9H,2-4H2,1H3,(H,22,23). The molecule has 0 amide bonds. The van der Waals surface area contributed by atoms with Gasteiger partial charge in [-0.25, -0.2) is 0 Å². The Morgan fingerprint density at radius 2 is 1.93 bits per heavy atom. The summed E-state index contributed by atoms with van der Waals surface area (Å²) in [4.78, 5) is 0. The van der Waals surface area contributed by atoms with Crippen molar-refractivity contribution in [2.45, 2.75) is 42.8 Å². The molecule has 3 heterocycles. The van der Waals surface area contributed by atoms with E-state index < -0.39 is 11.7 Å². The van der Waals surface area contributed by atoms with Crippen molar-refractivity contribution in [2.24, 2.45) is 5.10 Å². The number of H-pyrrole nitrogens is 1. The summed E-state index contributed by atoms with van der Waals surface area (Å²) >= 11 is 1.47. The number of nitrogens with one attached hydrogen (secondary N) is 1. The Labute approximate surface area is 162 Å². The van der Waals surface area contributed by atoms with Gasteiger partial charge in [-0.3, -0.25) is 5.10 Å². The van der Waals surface area contributed by atoms with E-state index in [1.54, 1.807) is 4.68 Å². The topological polar surface area (TPSA) is 71.8 Å². The van der Waals surface area contributed by atoms with Crippen LogP contribution in [0.3, 0.4) is 0 Å². The predicted octanol–water partition coefficient (Wildman–Crippen LogP) is 3.92. The molecule has 1 aliphatic heterocycles. The molecular formula is C18H15F3N6S. The van der Waals surface area contributed by atoms with Crippen LogP contribution in [-0.4, -0.2) is 36.0 Å². The van der Waals surface area contributed by atoms with Gasteiger partial charge in [-0.05, 0) is 43.9 Å². The van der Waals surface area contributed by atoms with Crippen molar-refractivity contribution in [2.75, 3.05) is 0 Å². The van der Waals surface area contributed by atoms with Gasteiger partial charge in [0.25, 0.3) is 0 Å². The smallest absolute Gasteiger partial charge is 0.282 e. The molecule has 0 spiro atoms. The highest BCUT2D eigenvalue weighted by Gasteiger charge is 2.32. The molecule has 5 rings (SSSR count). The number of fused-ring (bicyclic) bond motifs is 2. The van der Waals surface area contributed by atoms with Crippen molar-refractivity contribution >= 4 is 17.5 Å². The third kappa shape index (κ3) is 2.74. The van der Waals surface area contributed by atoms with E-state index in [1.807, 2.05) is 6.92 Å². The lowest BCUT2D eigenvalue weighted by atomic mass is 10.1. The molecule has 0 radical (unpaired) electrons. The minimum absolute atomic E-state index is 0.0637. The second-order valence-electron chi connectivity index (χ2n) is 6.82. The van der Waals surface area contributed by atoms with Crippen LogP contribution in [0, 0.1) is 0 Å². The molecular weight excluding hydrogens is 389 g/mol. The van der Waals surface area contributed by atoms with Gasteiger partial charge in [-0.2, -0.15) is 28.0 Å². The van der Waals surface area contributed by atoms with Crippen LogP contribution in [0.4, 0.5) is 13.2 Å². The zero-order valence-electron chi connectivity index (χ0n) is 14.8. The number of halogens is 3. The average Bonchev–Trinajstić information content (AvgIpc) is 3.35. The lowest BCUT2D eigenvalue weighted by molar-refractivity contribution is -0.137. The molecule has 1 aromatic carbocycles. The second-order valence-corrected chi connectivity index (χ2v) is 8.13. The van der Waals surface area contributed by atoms with Crippen LogP contribution in [0.15, 0.2) is 34.5 Å². The summed E-state index contributed by atoms with van der Waals surface area (Å²) in [6.07, 6.45) is -1.39. The molecule has 1 unspecified atom stereocenters. The van der Waals surface area contributed by atoms with Gasteiger partial charge < -0.3 is 0 Å². The van der Waals surface area contributed by atoms with Crippen LogP contribution in [0.5, 0.6) is 0 Å². The first-order chi connectivity index (χ1) is 13.4. The van der Waals surface area contributed by atoms with Crippen LogP contribution in [0.1, 0.15) is 35.7 Å². The molecule has 0 saturated heterocycles. The fraction of sp³-hybridized carbons (Fsp3) is 0.333. The Bertz CT molecular complexity index is 1080. The van der Waals surface area contributed by atoms with Gasteiger partial charge in [0.15, 0.2) is 0 Å². The molecule has 1 atom stereocenters. The average molecular weight is 404 g/mol. The first-order valence-corrected chi connectivity index (χ1v) is 9.75. The van der Waals surface area contributed by atoms with Crippen molar-refractivity contribution in [1.82, 2.24) is 25.1 Å². The molecule has 2 aromatic heterocycles. The molecule has 0 saturated carbocycles. The molecule has 1 aliphatic carbocycles. The van der Waals surface area contributed by atoms with Gasteiger partial charge >= 0.3 is 6.18 Å². The van der Waals surface area contributed by atoms with E-state index in [4.69, 9.17) is 0 Å². The summed E-state index contributed by atoms with van der Waals surface area (Å²) in [6.45, 7) is 1.95. The number of nitrogens with zero attached hydrogens (tertiary/aromatic N) is 5.